The summed E-state index contributed by atoms with van der Waals surface area (Å²) < 4.78 is 11.7. The van der Waals surface area contributed by atoms with E-state index in [-0.39, 0.29) is 18.1 Å². The molecule has 1 saturated heterocycles. The van der Waals surface area contributed by atoms with Crippen LogP contribution in [-0.4, -0.2) is 37.9 Å². The lowest BCUT2D eigenvalue weighted by Gasteiger charge is -2.34. The molecule has 2 aromatic carbocycles. The van der Waals surface area contributed by atoms with Gasteiger partial charge in [-0.15, -0.1) is 0 Å². The molecule has 1 saturated carbocycles. The Morgan fingerprint density at radius 1 is 1.12 bits per heavy atom. The average molecular weight is 353 g/mol. The Morgan fingerprint density at radius 2 is 1.96 bits per heavy atom. The molecule has 4 heteroatoms. The van der Waals surface area contributed by atoms with Crippen molar-refractivity contribution in [3.05, 3.63) is 48.0 Å². The van der Waals surface area contributed by atoms with Gasteiger partial charge in [-0.25, -0.2) is 0 Å². The molecule has 0 spiro atoms. The highest BCUT2D eigenvalue weighted by atomic mass is 16.5. The number of amides is 1. The molecule has 1 aliphatic carbocycles. The molecule has 2 fully saturated rings. The summed E-state index contributed by atoms with van der Waals surface area (Å²) in [4.78, 5) is 12.7. The van der Waals surface area contributed by atoms with Crippen molar-refractivity contribution in [3.63, 3.8) is 0 Å². The topological polar surface area (TPSA) is 47.6 Å². The molecule has 1 amide bonds. The van der Waals surface area contributed by atoms with E-state index < -0.39 is 0 Å². The standard InChI is InChI=1S/C22H27NO3/c24-22(13-18-9-4-8-17-7-1-2-10-19(17)18)23-20-11-12-25-15-21(20)26-14-16-5-3-6-16/h1-2,4,7-10,16,20-21H,3,5-6,11-15H2,(H,23,24)/t20-,21-/m1/s1. The number of carbonyl (C=O) groups excluding carboxylic acids is 1. The van der Waals surface area contributed by atoms with Gasteiger partial charge in [0.15, 0.2) is 0 Å². The van der Waals surface area contributed by atoms with Crippen molar-refractivity contribution in [3.8, 4) is 0 Å². The Labute approximate surface area is 154 Å². The van der Waals surface area contributed by atoms with E-state index in [1.54, 1.807) is 0 Å². The minimum absolute atomic E-state index is 0.0270. The first kappa shape index (κ1) is 17.5. The van der Waals surface area contributed by atoms with Crippen molar-refractivity contribution in [2.45, 2.75) is 44.2 Å². The quantitative estimate of drug-likeness (QED) is 0.865. The summed E-state index contributed by atoms with van der Waals surface area (Å²) in [5.41, 5.74) is 1.07. The van der Waals surface area contributed by atoms with Gasteiger partial charge in [-0.2, -0.15) is 0 Å². The van der Waals surface area contributed by atoms with Crippen LogP contribution in [0.4, 0.5) is 0 Å². The highest BCUT2D eigenvalue weighted by Gasteiger charge is 2.29. The summed E-state index contributed by atoms with van der Waals surface area (Å²) in [5, 5.41) is 5.52. The molecule has 138 valence electrons. The van der Waals surface area contributed by atoms with Crippen LogP contribution in [0.25, 0.3) is 10.8 Å². The molecule has 2 atom stereocenters. The lowest BCUT2D eigenvalue weighted by atomic mass is 9.86. The Kier molecular flexibility index (Phi) is 5.51. The number of hydrogen-bond acceptors (Lipinski definition) is 3. The van der Waals surface area contributed by atoms with Gasteiger partial charge in [0.05, 0.1) is 19.1 Å². The molecule has 0 aromatic heterocycles. The van der Waals surface area contributed by atoms with Crippen molar-refractivity contribution in [1.82, 2.24) is 5.32 Å². The largest absolute Gasteiger partial charge is 0.379 e. The monoisotopic (exact) mass is 353 g/mol. The van der Waals surface area contributed by atoms with Crippen LogP contribution in [0, 0.1) is 5.92 Å². The minimum Gasteiger partial charge on any atom is -0.379 e. The normalized spacial score (nSPS) is 23.5. The molecule has 26 heavy (non-hydrogen) atoms. The van der Waals surface area contributed by atoms with Crippen LogP contribution in [0.15, 0.2) is 42.5 Å². The zero-order valence-corrected chi connectivity index (χ0v) is 15.2. The number of carbonyl (C=O) groups is 1. The fourth-order valence-corrected chi connectivity index (χ4v) is 3.84. The Bertz CT molecular complexity index is 751. The third-order valence-electron chi connectivity index (χ3n) is 5.65. The summed E-state index contributed by atoms with van der Waals surface area (Å²) in [6, 6.07) is 14.4. The maximum Gasteiger partial charge on any atom is 0.224 e. The first-order chi connectivity index (χ1) is 12.8. The van der Waals surface area contributed by atoms with Gasteiger partial charge < -0.3 is 14.8 Å². The van der Waals surface area contributed by atoms with Gasteiger partial charge in [0.2, 0.25) is 5.91 Å². The Morgan fingerprint density at radius 3 is 2.81 bits per heavy atom. The molecule has 2 aromatic rings. The first-order valence-electron chi connectivity index (χ1n) is 9.75. The zero-order valence-electron chi connectivity index (χ0n) is 15.2. The van der Waals surface area contributed by atoms with Crippen LogP contribution in [-0.2, 0) is 20.7 Å². The highest BCUT2D eigenvalue weighted by molar-refractivity contribution is 5.90. The fourth-order valence-electron chi connectivity index (χ4n) is 3.84. The van der Waals surface area contributed by atoms with Crippen molar-refractivity contribution < 1.29 is 14.3 Å². The lowest BCUT2D eigenvalue weighted by molar-refractivity contribution is -0.126. The van der Waals surface area contributed by atoms with Crippen LogP contribution >= 0.6 is 0 Å². The van der Waals surface area contributed by atoms with E-state index in [2.05, 4.69) is 23.5 Å². The SMILES string of the molecule is O=C(Cc1cccc2ccccc12)N[C@@H]1CCOC[C@H]1OCC1CCC1. The molecule has 0 radical (unpaired) electrons. The lowest BCUT2D eigenvalue weighted by Crippen LogP contribution is -2.50. The van der Waals surface area contributed by atoms with Crippen LogP contribution in [0.1, 0.15) is 31.2 Å². The van der Waals surface area contributed by atoms with Crippen molar-refractivity contribution in [2.75, 3.05) is 19.8 Å². The van der Waals surface area contributed by atoms with E-state index >= 15 is 0 Å². The van der Waals surface area contributed by atoms with Crippen LogP contribution < -0.4 is 5.32 Å². The predicted octanol–water partition coefficient (Wildman–Crippen LogP) is 3.47. The number of rotatable bonds is 6. The van der Waals surface area contributed by atoms with Gasteiger partial charge >= 0.3 is 0 Å². The number of ether oxygens (including phenoxy) is 2. The molecule has 2 aliphatic rings. The highest BCUT2D eigenvalue weighted by Crippen LogP contribution is 2.27. The van der Waals surface area contributed by atoms with Gasteiger partial charge in [-0.05, 0) is 41.5 Å². The molecular weight excluding hydrogens is 326 g/mol. The molecule has 1 N–H and O–H groups in total. The average Bonchev–Trinajstić information content (AvgIpc) is 2.62. The Balaban J connectivity index is 1.37. The Hall–Kier alpha value is -1.91. The summed E-state index contributed by atoms with van der Waals surface area (Å²) in [6.45, 7) is 2.05. The molecule has 0 bridgehead atoms. The molecule has 1 heterocycles. The van der Waals surface area contributed by atoms with Gasteiger partial charge in [0.1, 0.15) is 6.10 Å². The van der Waals surface area contributed by atoms with Gasteiger partial charge in [-0.1, -0.05) is 48.9 Å². The number of nitrogens with one attached hydrogen (secondary N) is 1. The maximum absolute atomic E-state index is 12.7. The van der Waals surface area contributed by atoms with E-state index in [1.807, 2.05) is 24.3 Å². The second-order valence-corrected chi connectivity index (χ2v) is 7.52. The third-order valence-corrected chi connectivity index (χ3v) is 5.65. The molecule has 4 nitrogen and oxygen atoms in total. The van der Waals surface area contributed by atoms with E-state index in [1.165, 1.54) is 24.6 Å². The summed E-state index contributed by atoms with van der Waals surface area (Å²) >= 11 is 0. The molecule has 1 aliphatic heterocycles. The smallest absolute Gasteiger partial charge is 0.224 e. The van der Waals surface area contributed by atoms with Crippen molar-refractivity contribution in [2.24, 2.45) is 5.92 Å². The van der Waals surface area contributed by atoms with Gasteiger partial charge in [0, 0.05) is 13.2 Å². The first-order valence-corrected chi connectivity index (χ1v) is 9.75. The minimum atomic E-state index is -0.0270. The maximum atomic E-state index is 12.7. The second-order valence-electron chi connectivity index (χ2n) is 7.52. The van der Waals surface area contributed by atoms with Crippen molar-refractivity contribution in [1.29, 1.82) is 0 Å². The number of benzene rings is 2. The number of hydrogen-bond donors (Lipinski definition) is 1. The molecule has 0 unspecified atom stereocenters. The van der Waals surface area contributed by atoms with E-state index in [0.717, 1.165) is 24.0 Å². The second kappa shape index (κ2) is 8.19. The van der Waals surface area contributed by atoms with E-state index in [4.69, 9.17) is 9.47 Å². The van der Waals surface area contributed by atoms with Crippen LogP contribution in [0.3, 0.4) is 0 Å². The van der Waals surface area contributed by atoms with Gasteiger partial charge in [0.25, 0.3) is 0 Å². The van der Waals surface area contributed by atoms with E-state index in [0.29, 0.717) is 25.6 Å². The summed E-state index contributed by atoms with van der Waals surface area (Å²) in [5.74, 6) is 0.759. The van der Waals surface area contributed by atoms with Gasteiger partial charge in [-0.3, -0.25) is 4.79 Å². The number of fused-ring (bicyclic) bond motifs is 1. The summed E-state index contributed by atoms with van der Waals surface area (Å²) in [7, 11) is 0. The fraction of sp³-hybridized carbons (Fsp3) is 0.500. The van der Waals surface area contributed by atoms with Crippen molar-refractivity contribution >= 4 is 16.7 Å². The predicted molar refractivity (Wildman–Crippen MR) is 102 cm³/mol. The zero-order chi connectivity index (χ0) is 17.8. The van der Waals surface area contributed by atoms with Crippen LogP contribution in [0.5, 0.6) is 0 Å². The van der Waals surface area contributed by atoms with Crippen LogP contribution in [0.2, 0.25) is 0 Å². The van der Waals surface area contributed by atoms with E-state index in [9.17, 15) is 4.79 Å². The molecule has 4 rings (SSSR count). The molecular formula is C22H27NO3. The third kappa shape index (κ3) is 4.08. The summed E-state index contributed by atoms with van der Waals surface area (Å²) in [6.07, 6.45) is 5.04.